The first kappa shape index (κ1) is 18.6. The predicted molar refractivity (Wildman–Crippen MR) is 97.3 cm³/mol. The highest BCUT2D eigenvalue weighted by molar-refractivity contribution is 5.79. The van der Waals surface area contributed by atoms with Crippen molar-refractivity contribution in [1.29, 1.82) is 0 Å². The number of nitrogens with zero attached hydrogens (tertiary/aromatic N) is 2. The summed E-state index contributed by atoms with van der Waals surface area (Å²) >= 11 is 0. The summed E-state index contributed by atoms with van der Waals surface area (Å²) in [5.74, 6) is 2.98. The van der Waals surface area contributed by atoms with Crippen LogP contribution in [0.5, 0.6) is 11.5 Å². The molecule has 0 atom stereocenters. The van der Waals surface area contributed by atoms with Crippen molar-refractivity contribution in [3.8, 4) is 11.5 Å². The van der Waals surface area contributed by atoms with Gasteiger partial charge in [0, 0.05) is 19.7 Å². The van der Waals surface area contributed by atoms with Gasteiger partial charge in [0.2, 0.25) is 0 Å². The van der Waals surface area contributed by atoms with Crippen LogP contribution in [0.25, 0.3) is 0 Å². The SMILES string of the molecule is CCc1cc(CNC(=NC)NCCc2ccc(OC)c(OC)c2)on1. The number of methoxy groups -OCH3 is 2. The summed E-state index contributed by atoms with van der Waals surface area (Å²) in [6, 6.07) is 7.87. The number of guanidine groups is 1. The molecule has 0 saturated carbocycles. The maximum Gasteiger partial charge on any atom is 0.191 e. The third kappa shape index (κ3) is 5.41. The van der Waals surface area contributed by atoms with E-state index < -0.39 is 0 Å². The first-order chi connectivity index (χ1) is 12.2. The number of ether oxygens (including phenoxy) is 2. The van der Waals surface area contributed by atoms with Crippen molar-refractivity contribution < 1.29 is 14.0 Å². The maximum atomic E-state index is 5.33. The molecule has 2 rings (SSSR count). The second-order valence-electron chi connectivity index (χ2n) is 5.43. The zero-order valence-corrected chi connectivity index (χ0v) is 15.3. The topological polar surface area (TPSA) is 80.9 Å². The molecule has 2 N–H and O–H groups in total. The highest BCUT2D eigenvalue weighted by Crippen LogP contribution is 2.27. The van der Waals surface area contributed by atoms with E-state index in [0.29, 0.717) is 6.54 Å². The van der Waals surface area contributed by atoms with E-state index in [1.165, 1.54) is 0 Å². The fourth-order valence-electron chi connectivity index (χ4n) is 2.36. The number of nitrogens with one attached hydrogen (secondary N) is 2. The van der Waals surface area contributed by atoms with Crippen LogP contribution in [0.2, 0.25) is 0 Å². The maximum absolute atomic E-state index is 5.33. The summed E-state index contributed by atoms with van der Waals surface area (Å²) in [7, 11) is 5.01. The molecule has 2 aromatic rings. The van der Waals surface area contributed by atoms with Crippen molar-refractivity contribution in [2.45, 2.75) is 26.3 Å². The molecule has 0 aliphatic heterocycles. The second kappa shape index (κ2) is 9.56. The summed E-state index contributed by atoms with van der Waals surface area (Å²) < 4.78 is 15.8. The Morgan fingerprint density at radius 3 is 2.60 bits per heavy atom. The first-order valence-electron chi connectivity index (χ1n) is 8.30. The van der Waals surface area contributed by atoms with Crippen molar-refractivity contribution in [2.75, 3.05) is 27.8 Å². The Morgan fingerprint density at radius 2 is 1.96 bits per heavy atom. The van der Waals surface area contributed by atoms with Gasteiger partial charge in [-0.25, -0.2) is 0 Å². The molecule has 0 unspecified atom stereocenters. The standard InChI is InChI=1S/C18H26N4O3/c1-5-14-11-15(25-22-14)12-21-18(19-2)20-9-8-13-6-7-16(23-3)17(10-13)24-4/h6-7,10-11H,5,8-9,12H2,1-4H3,(H2,19,20,21). The molecule has 7 heteroatoms. The van der Waals surface area contributed by atoms with E-state index in [2.05, 4.69) is 20.8 Å². The average Bonchev–Trinajstić information content (AvgIpc) is 3.12. The van der Waals surface area contributed by atoms with Gasteiger partial charge in [-0.05, 0) is 30.5 Å². The largest absolute Gasteiger partial charge is 0.493 e. The van der Waals surface area contributed by atoms with E-state index in [-0.39, 0.29) is 0 Å². The lowest BCUT2D eigenvalue weighted by Gasteiger charge is -2.12. The molecule has 0 aliphatic carbocycles. The number of benzene rings is 1. The second-order valence-corrected chi connectivity index (χ2v) is 5.43. The minimum absolute atomic E-state index is 0.545. The molecule has 0 radical (unpaired) electrons. The molecule has 0 amide bonds. The van der Waals surface area contributed by atoms with Gasteiger partial charge in [0.25, 0.3) is 0 Å². The number of aryl methyl sites for hydroxylation is 1. The average molecular weight is 346 g/mol. The smallest absolute Gasteiger partial charge is 0.191 e. The van der Waals surface area contributed by atoms with Crippen molar-refractivity contribution in [3.63, 3.8) is 0 Å². The van der Waals surface area contributed by atoms with Gasteiger partial charge in [-0.15, -0.1) is 0 Å². The fourth-order valence-corrected chi connectivity index (χ4v) is 2.36. The van der Waals surface area contributed by atoms with Crippen molar-refractivity contribution in [3.05, 3.63) is 41.3 Å². The van der Waals surface area contributed by atoms with Crippen LogP contribution >= 0.6 is 0 Å². The molecule has 1 heterocycles. The molecular weight excluding hydrogens is 320 g/mol. The van der Waals surface area contributed by atoms with E-state index in [0.717, 1.165) is 53.9 Å². The lowest BCUT2D eigenvalue weighted by molar-refractivity contribution is 0.354. The minimum Gasteiger partial charge on any atom is -0.493 e. The van der Waals surface area contributed by atoms with E-state index in [4.69, 9.17) is 14.0 Å². The summed E-state index contributed by atoms with van der Waals surface area (Å²) in [5.41, 5.74) is 2.11. The van der Waals surface area contributed by atoms with E-state index in [1.807, 2.05) is 31.2 Å². The number of hydrogen-bond acceptors (Lipinski definition) is 5. The highest BCUT2D eigenvalue weighted by Gasteiger charge is 2.06. The molecular formula is C18H26N4O3. The van der Waals surface area contributed by atoms with Crippen LogP contribution < -0.4 is 20.1 Å². The number of rotatable bonds is 8. The lowest BCUT2D eigenvalue weighted by atomic mass is 10.1. The summed E-state index contributed by atoms with van der Waals surface area (Å²) in [6.45, 7) is 3.33. The highest BCUT2D eigenvalue weighted by atomic mass is 16.5. The van der Waals surface area contributed by atoms with Gasteiger partial charge in [0.05, 0.1) is 26.5 Å². The van der Waals surface area contributed by atoms with Crippen LogP contribution in [-0.4, -0.2) is 38.9 Å². The van der Waals surface area contributed by atoms with Crippen LogP contribution in [-0.2, 0) is 19.4 Å². The van der Waals surface area contributed by atoms with Crippen molar-refractivity contribution in [2.24, 2.45) is 4.99 Å². The zero-order chi connectivity index (χ0) is 18.1. The Morgan fingerprint density at radius 1 is 1.16 bits per heavy atom. The van der Waals surface area contributed by atoms with Crippen LogP contribution in [0, 0.1) is 0 Å². The summed E-state index contributed by atoms with van der Waals surface area (Å²) in [5, 5.41) is 10.5. The van der Waals surface area contributed by atoms with Crippen LogP contribution in [0.3, 0.4) is 0 Å². The molecule has 0 aliphatic rings. The Balaban J connectivity index is 1.80. The summed E-state index contributed by atoms with van der Waals surface area (Å²) in [4.78, 5) is 4.21. The Bertz CT molecular complexity index is 697. The molecule has 7 nitrogen and oxygen atoms in total. The normalized spacial score (nSPS) is 11.3. The molecule has 1 aromatic carbocycles. The molecule has 1 aromatic heterocycles. The number of aliphatic imine (C=N–C) groups is 1. The minimum atomic E-state index is 0.545. The molecule has 0 spiro atoms. The third-order valence-corrected chi connectivity index (χ3v) is 3.78. The summed E-state index contributed by atoms with van der Waals surface area (Å²) in [6.07, 6.45) is 1.70. The predicted octanol–water partition coefficient (Wildman–Crippen LogP) is 2.16. The molecule has 25 heavy (non-hydrogen) atoms. The van der Waals surface area contributed by atoms with Crippen molar-refractivity contribution >= 4 is 5.96 Å². The van der Waals surface area contributed by atoms with Gasteiger partial charge in [-0.3, -0.25) is 4.99 Å². The lowest BCUT2D eigenvalue weighted by Crippen LogP contribution is -2.37. The van der Waals surface area contributed by atoms with E-state index >= 15 is 0 Å². The van der Waals surface area contributed by atoms with Gasteiger partial charge in [-0.2, -0.15) is 0 Å². The monoisotopic (exact) mass is 346 g/mol. The molecule has 0 bridgehead atoms. The van der Waals surface area contributed by atoms with E-state index in [9.17, 15) is 0 Å². The Labute approximate surface area is 148 Å². The zero-order valence-electron chi connectivity index (χ0n) is 15.3. The van der Waals surface area contributed by atoms with Crippen molar-refractivity contribution in [1.82, 2.24) is 15.8 Å². The fraction of sp³-hybridized carbons (Fsp3) is 0.444. The molecule has 136 valence electrons. The Kier molecular flexibility index (Phi) is 7.13. The van der Waals surface area contributed by atoms with Crippen LogP contribution in [0.1, 0.15) is 23.9 Å². The Hall–Kier alpha value is -2.70. The number of aromatic nitrogens is 1. The molecule has 0 saturated heterocycles. The van der Waals surface area contributed by atoms with E-state index in [1.54, 1.807) is 21.3 Å². The van der Waals surface area contributed by atoms with Crippen LogP contribution in [0.4, 0.5) is 0 Å². The quantitative estimate of drug-likeness (QED) is 0.563. The number of hydrogen-bond donors (Lipinski definition) is 2. The third-order valence-electron chi connectivity index (χ3n) is 3.78. The van der Waals surface area contributed by atoms with Gasteiger partial charge in [0.1, 0.15) is 0 Å². The molecule has 0 fully saturated rings. The van der Waals surface area contributed by atoms with Gasteiger partial charge < -0.3 is 24.6 Å². The first-order valence-corrected chi connectivity index (χ1v) is 8.30. The van der Waals surface area contributed by atoms with Gasteiger partial charge >= 0.3 is 0 Å². The van der Waals surface area contributed by atoms with Gasteiger partial charge in [0.15, 0.2) is 23.2 Å². The van der Waals surface area contributed by atoms with Crippen LogP contribution in [0.15, 0.2) is 33.8 Å². The van der Waals surface area contributed by atoms with Gasteiger partial charge in [-0.1, -0.05) is 18.1 Å².